The molecule has 33 heavy (non-hydrogen) atoms. The lowest BCUT2D eigenvalue weighted by atomic mass is 9.99. The third kappa shape index (κ3) is 6.15. The van der Waals surface area contributed by atoms with E-state index in [0.717, 1.165) is 17.4 Å². The molecule has 1 aromatic heterocycles. The molecule has 2 aliphatic heterocycles. The summed E-state index contributed by atoms with van der Waals surface area (Å²) >= 11 is 0. The van der Waals surface area contributed by atoms with E-state index in [1.807, 2.05) is 12.1 Å². The molecule has 0 N–H and O–H groups in total. The summed E-state index contributed by atoms with van der Waals surface area (Å²) in [5.74, 6) is -1.32. The summed E-state index contributed by atoms with van der Waals surface area (Å²) in [6, 6.07) is 9.57. The van der Waals surface area contributed by atoms with Crippen molar-refractivity contribution in [3.05, 3.63) is 63.7 Å². The number of hydrogen-bond acceptors (Lipinski definition) is 6. The van der Waals surface area contributed by atoms with Gasteiger partial charge < -0.3 is 9.15 Å². The summed E-state index contributed by atoms with van der Waals surface area (Å²) in [5.41, 5.74) is 2.22. The number of piperidine rings is 1. The van der Waals surface area contributed by atoms with Crippen molar-refractivity contribution in [2.75, 3.05) is 25.4 Å². The van der Waals surface area contributed by atoms with Gasteiger partial charge in [0, 0.05) is 32.2 Å². The molecule has 180 valence electrons. The molecule has 0 radical (unpaired) electrons. The largest absolute Gasteiger partial charge is 0.486 e. The molecule has 0 bridgehead atoms. The van der Waals surface area contributed by atoms with Crippen LogP contribution in [-0.2, 0) is 29.7 Å². The van der Waals surface area contributed by atoms with Crippen molar-refractivity contribution in [3.8, 4) is 5.75 Å². The fraction of sp³-hybridized carbons (Fsp3) is 0.500. The highest BCUT2D eigenvalue weighted by molar-refractivity contribution is 7.89. The molecule has 0 unspecified atom stereocenters. The first kappa shape index (κ1) is 23.8. The summed E-state index contributed by atoms with van der Waals surface area (Å²) in [5, 5.41) is 0. The van der Waals surface area contributed by atoms with Crippen molar-refractivity contribution < 1.29 is 30.7 Å². The summed E-state index contributed by atoms with van der Waals surface area (Å²) in [6.07, 6.45) is -2.77. The van der Waals surface area contributed by atoms with Crippen LogP contribution >= 0.6 is 0 Å². The van der Waals surface area contributed by atoms with E-state index in [-0.39, 0.29) is 36.8 Å². The Hall–Kier alpha value is -2.37. The van der Waals surface area contributed by atoms with Crippen LogP contribution in [-0.4, -0.2) is 49.2 Å². The Labute approximate surface area is 189 Å². The predicted molar refractivity (Wildman–Crippen MR) is 114 cm³/mol. The first-order chi connectivity index (χ1) is 15.6. The molecule has 0 amide bonds. The van der Waals surface area contributed by atoms with E-state index in [2.05, 4.69) is 17.0 Å². The number of fused-ring (bicyclic) bond motifs is 1. The lowest BCUT2D eigenvalue weighted by molar-refractivity contribution is -0.107. The maximum absolute atomic E-state index is 12.5. The molecule has 2 aliphatic rings. The van der Waals surface area contributed by atoms with Gasteiger partial charge in [0.2, 0.25) is 21.2 Å². The van der Waals surface area contributed by atoms with Gasteiger partial charge in [-0.1, -0.05) is 24.3 Å². The average molecular weight is 487 g/mol. The van der Waals surface area contributed by atoms with Gasteiger partial charge >= 0.3 is 6.18 Å². The van der Waals surface area contributed by atoms with Crippen molar-refractivity contribution in [3.63, 3.8) is 0 Å². The molecule has 1 fully saturated rings. The standard InChI is InChI=1S/C22H25F3N2O5S/c23-22(24,25)15-33(29,30)27-7-5-16(6-8-27)13-32-21-14-31-19(9-20(21)28)12-26-10-17-3-1-2-4-18(17)11-26/h1-4,9,14,16H,5-8,10-13,15H2. The van der Waals surface area contributed by atoms with Crippen LogP contribution in [0.1, 0.15) is 29.7 Å². The molecular weight excluding hydrogens is 461 g/mol. The minimum atomic E-state index is -4.77. The zero-order valence-electron chi connectivity index (χ0n) is 17.9. The molecule has 11 heteroatoms. The second kappa shape index (κ2) is 9.47. The Morgan fingerprint density at radius 3 is 2.30 bits per heavy atom. The van der Waals surface area contributed by atoms with Gasteiger partial charge in [-0.15, -0.1) is 0 Å². The van der Waals surface area contributed by atoms with Gasteiger partial charge in [0.05, 0.1) is 13.2 Å². The van der Waals surface area contributed by atoms with Crippen LogP contribution in [0.15, 0.2) is 45.8 Å². The van der Waals surface area contributed by atoms with Gasteiger partial charge in [0.15, 0.2) is 5.75 Å². The van der Waals surface area contributed by atoms with Crippen molar-refractivity contribution in [2.24, 2.45) is 5.92 Å². The molecular formula is C22H25F3N2O5S. The number of benzene rings is 1. The van der Waals surface area contributed by atoms with E-state index < -0.39 is 22.0 Å². The van der Waals surface area contributed by atoms with E-state index in [1.165, 1.54) is 23.5 Å². The van der Waals surface area contributed by atoms with Crippen LogP contribution in [0.2, 0.25) is 0 Å². The van der Waals surface area contributed by atoms with Crippen LogP contribution in [0.4, 0.5) is 13.2 Å². The molecule has 1 saturated heterocycles. The van der Waals surface area contributed by atoms with Crippen molar-refractivity contribution in [1.29, 1.82) is 0 Å². The minimum Gasteiger partial charge on any atom is -0.486 e. The van der Waals surface area contributed by atoms with Crippen molar-refractivity contribution in [1.82, 2.24) is 9.21 Å². The molecule has 0 atom stereocenters. The quantitative estimate of drug-likeness (QED) is 0.598. The molecule has 1 aromatic carbocycles. The number of rotatable bonds is 7. The Morgan fingerprint density at radius 1 is 1.09 bits per heavy atom. The molecule has 3 heterocycles. The molecule has 0 spiro atoms. The van der Waals surface area contributed by atoms with Crippen LogP contribution in [0.3, 0.4) is 0 Å². The highest BCUT2D eigenvalue weighted by Gasteiger charge is 2.39. The number of sulfonamides is 1. The predicted octanol–water partition coefficient (Wildman–Crippen LogP) is 3.14. The average Bonchev–Trinajstić information content (AvgIpc) is 3.14. The number of hydrogen-bond donors (Lipinski definition) is 0. The van der Waals surface area contributed by atoms with Crippen LogP contribution in [0, 0.1) is 5.92 Å². The number of nitrogens with zero attached hydrogens (tertiary/aromatic N) is 2. The van der Waals surface area contributed by atoms with Crippen LogP contribution in [0.25, 0.3) is 0 Å². The summed E-state index contributed by atoms with van der Waals surface area (Å²) in [6.45, 7) is 2.23. The third-order valence-corrected chi connectivity index (χ3v) is 7.77. The molecule has 2 aromatic rings. The molecule has 4 rings (SSSR count). The van der Waals surface area contributed by atoms with Crippen LogP contribution < -0.4 is 10.2 Å². The molecule has 0 aliphatic carbocycles. The lowest BCUT2D eigenvalue weighted by Gasteiger charge is -2.31. The SMILES string of the molecule is O=c1cc(CN2Cc3ccccc3C2)occ1OCC1CCN(S(=O)(=O)CC(F)(F)F)CC1. The van der Waals surface area contributed by atoms with E-state index in [1.54, 1.807) is 0 Å². The number of halogens is 3. The summed E-state index contributed by atoms with van der Waals surface area (Å²) in [7, 11) is -4.37. The minimum absolute atomic E-state index is 0.00178. The first-order valence-corrected chi connectivity index (χ1v) is 12.3. The number of ether oxygens (including phenoxy) is 1. The highest BCUT2D eigenvalue weighted by atomic mass is 32.2. The molecule has 7 nitrogen and oxygen atoms in total. The Bertz CT molecular complexity index is 1120. The maximum Gasteiger partial charge on any atom is 0.404 e. The third-order valence-electron chi connectivity index (χ3n) is 5.93. The normalized spacial score (nSPS) is 18.4. The van der Waals surface area contributed by atoms with Gasteiger partial charge in [0.25, 0.3) is 0 Å². The van der Waals surface area contributed by atoms with E-state index in [9.17, 15) is 26.4 Å². The van der Waals surface area contributed by atoms with Gasteiger partial charge in [-0.3, -0.25) is 9.69 Å². The second-order valence-electron chi connectivity index (χ2n) is 8.51. The highest BCUT2D eigenvalue weighted by Crippen LogP contribution is 2.26. The maximum atomic E-state index is 12.5. The van der Waals surface area contributed by atoms with Crippen molar-refractivity contribution >= 4 is 10.0 Å². The Balaban J connectivity index is 1.26. The van der Waals surface area contributed by atoms with Crippen LogP contribution in [0.5, 0.6) is 5.75 Å². The summed E-state index contributed by atoms with van der Waals surface area (Å²) < 4.78 is 73.2. The Morgan fingerprint density at radius 2 is 1.73 bits per heavy atom. The fourth-order valence-corrected chi connectivity index (χ4v) is 5.59. The van der Waals surface area contributed by atoms with E-state index in [0.29, 0.717) is 25.1 Å². The monoisotopic (exact) mass is 486 g/mol. The smallest absolute Gasteiger partial charge is 0.404 e. The summed E-state index contributed by atoms with van der Waals surface area (Å²) in [4.78, 5) is 14.6. The number of alkyl halides is 3. The fourth-order valence-electron chi connectivity index (χ4n) is 4.22. The zero-order valence-corrected chi connectivity index (χ0v) is 18.7. The van der Waals surface area contributed by atoms with Gasteiger partial charge in [-0.2, -0.15) is 13.2 Å². The van der Waals surface area contributed by atoms with Gasteiger partial charge in [-0.25, -0.2) is 12.7 Å². The first-order valence-electron chi connectivity index (χ1n) is 10.7. The van der Waals surface area contributed by atoms with E-state index in [4.69, 9.17) is 9.15 Å². The lowest BCUT2D eigenvalue weighted by Crippen LogP contribution is -2.43. The van der Waals surface area contributed by atoms with E-state index >= 15 is 0 Å². The van der Waals surface area contributed by atoms with Gasteiger partial charge in [0.1, 0.15) is 12.0 Å². The topological polar surface area (TPSA) is 80.1 Å². The van der Waals surface area contributed by atoms with Crippen molar-refractivity contribution in [2.45, 2.75) is 38.7 Å². The second-order valence-corrected chi connectivity index (χ2v) is 10.5. The molecule has 0 saturated carbocycles. The Kier molecular flexibility index (Phi) is 6.83. The van der Waals surface area contributed by atoms with Gasteiger partial charge in [-0.05, 0) is 29.9 Å². The zero-order chi connectivity index (χ0) is 23.6.